The molecule has 2 heterocycles. The minimum absolute atomic E-state index is 0.0716. The number of aryl methyl sites for hydroxylation is 1. The van der Waals surface area contributed by atoms with Crippen LogP contribution in [0.1, 0.15) is 60.7 Å². The Hall–Kier alpha value is -1.73. The molecular formula is C19H27N3O3S. The summed E-state index contributed by atoms with van der Waals surface area (Å²) >= 11 is 1.31. The van der Waals surface area contributed by atoms with Gasteiger partial charge in [-0.3, -0.25) is 14.2 Å². The molecule has 0 aromatic carbocycles. The molecule has 0 bridgehead atoms. The zero-order chi connectivity index (χ0) is 18.5. The average molecular weight is 378 g/mol. The third-order valence-electron chi connectivity index (χ3n) is 4.99. The molecule has 1 aliphatic carbocycles. The van der Waals surface area contributed by atoms with Gasteiger partial charge in [-0.15, -0.1) is 11.3 Å². The smallest absolute Gasteiger partial charge is 0.262 e. The second kappa shape index (κ2) is 8.77. The zero-order valence-electron chi connectivity index (χ0n) is 15.5. The number of fused-ring (bicyclic) bond motifs is 1. The van der Waals surface area contributed by atoms with E-state index in [-0.39, 0.29) is 17.5 Å². The molecule has 0 radical (unpaired) electrons. The molecule has 142 valence electrons. The Bertz CT molecular complexity index is 819. The lowest BCUT2D eigenvalue weighted by molar-refractivity contribution is 0.0937. The normalized spacial score (nSPS) is 15.9. The van der Waals surface area contributed by atoms with E-state index in [1.54, 1.807) is 10.9 Å². The van der Waals surface area contributed by atoms with Gasteiger partial charge in [-0.05, 0) is 32.3 Å². The summed E-state index contributed by atoms with van der Waals surface area (Å²) in [6.07, 6.45) is 8.47. The van der Waals surface area contributed by atoms with Gasteiger partial charge in [-0.25, -0.2) is 4.98 Å². The largest absolute Gasteiger partial charge is 0.380 e. The number of hydrogen-bond donors (Lipinski definition) is 1. The van der Waals surface area contributed by atoms with Gasteiger partial charge in [0.15, 0.2) is 0 Å². The van der Waals surface area contributed by atoms with Crippen molar-refractivity contribution in [1.82, 2.24) is 14.9 Å². The van der Waals surface area contributed by atoms with E-state index in [2.05, 4.69) is 10.3 Å². The summed E-state index contributed by atoms with van der Waals surface area (Å²) in [5.41, 5.74) is 0.636. The van der Waals surface area contributed by atoms with Gasteiger partial charge in [0.25, 0.3) is 11.5 Å². The van der Waals surface area contributed by atoms with Crippen molar-refractivity contribution >= 4 is 27.5 Å². The van der Waals surface area contributed by atoms with Gasteiger partial charge in [0.05, 0.1) is 29.7 Å². The van der Waals surface area contributed by atoms with Crippen molar-refractivity contribution in [1.29, 1.82) is 0 Å². The predicted octanol–water partition coefficient (Wildman–Crippen LogP) is 3.26. The van der Waals surface area contributed by atoms with Crippen molar-refractivity contribution in [3.05, 3.63) is 27.1 Å². The number of thiophene rings is 1. The highest BCUT2D eigenvalue weighted by Gasteiger charge is 2.22. The number of ether oxygens (including phenoxy) is 1. The topological polar surface area (TPSA) is 73.2 Å². The molecule has 2 aromatic heterocycles. The van der Waals surface area contributed by atoms with E-state index in [4.69, 9.17) is 4.74 Å². The molecule has 26 heavy (non-hydrogen) atoms. The van der Waals surface area contributed by atoms with E-state index >= 15 is 0 Å². The van der Waals surface area contributed by atoms with Crippen LogP contribution in [-0.2, 0) is 11.3 Å². The molecule has 7 heteroatoms. The van der Waals surface area contributed by atoms with Gasteiger partial charge in [-0.1, -0.05) is 25.7 Å². The highest BCUT2D eigenvalue weighted by molar-refractivity contribution is 7.20. The molecule has 1 aliphatic rings. The van der Waals surface area contributed by atoms with Crippen LogP contribution in [-0.4, -0.2) is 34.7 Å². The number of aromatic nitrogens is 2. The first-order chi connectivity index (χ1) is 12.6. The van der Waals surface area contributed by atoms with Crippen molar-refractivity contribution in [3.63, 3.8) is 0 Å². The minimum Gasteiger partial charge on any atom is -0.380 e. The summed E-state index contributed by atoms with van der Waals surface area (Å²) in [4.78, 5) is 31.2. The first-order valence-electron chi connectivity index (χ1n) is 9.49. The van der Waals surface area contributed by atoms with E-state index < -0.39 is 0 Å². The van der Waals surface area contributed by atoms with Gasteiger partial charge in [0.2, 0.25) is 0 Å². The SMILES string of the molecule is CCOCCn1cnc2sc(C(=O)NC3CCCCCC3)c(C)c2c1=O. The summed E-state index contributed by atoms with van der Waals surface area (Å²) in [6, 6.07) is 0.241. The Morgan fingerprint density at radius 3 is 2.77 bits per heavy atom. The van der Waals surface area contributed by atoms with Crippen molar-refractivity contribution in [2.75, 3.05) is 13.2 Å². The Morgan fingerprint density at radius 1 is 1.35 bits per heavy atom. The van der Waals surface area contributed by atoms with E-state index in [1.165, 1.54) is 37.0 Å². The molecule has 2 aromatic rings. The van der Waals surface area contributed by atoms with Crippen LogP contribution < -0.4 is 10.9 Å². The zero-order valence-corrected chi connectivity index (χ0v) is 16.4. The molecular weight excluding hydrogens is 350 g/mol. The Morgan fingerprint density at radius 2 is 2.08 bits per heavy atom. The number of rotatable bonds is 6. The summed E-state index contributed by atoms with van der Waals surface area (Å²) in [5, 5.41) is 3.72. The Balaban J connectivity index is 1.82. The standard InChI is InChI=1S/C19H27N3O3S/c1-3-25-11-10-22-12-20-18-15(19(22)24)13(2)16(26-18)17(23)21-14-8-6-4-5-7-9-14/h12,14H,3-11H2,1-2H3,(H,21,23). The van der Waals surface area contributed by atoms with Gasteiger partial charge >= 0.3 is 0 Å². The third-order valence-corrected chi connectivity index (χ3v) is 6.19. The van der Waals surface area contributed by atoms with Crippen molar-refractivity contribution < 1.29 is 9.53 Å². The summed E-state index contributed by atoms with van der Waals surface area (Å²) in [5.74, 6) is -0.0716. The molecule has 0 unspecified atom stereocenters. The molecule has 1 N–H and O–H groups in total. The van der Waals surface area contributed by atoms with Crippen molar-refractivity contribution in [3.8, 4) is 0 Å². The number of carbonyl (C=O) groups is 1. The number of amides is 1. The summed E-state index contributed by atoms with van der Waals surface area (Å²) in [7, 11) is 0. The first kappa shape index (κ1) is 19.0. The molecule has 1 amide bonds. The van der Waals surface area contributed by atoms with Crippen LogP contribution in [0.2, 0.25) is 0 Å². The Kier molecular flexibility index (Phi) is 6.43. The lowest BCUT2D eigenvalue weighted by atomic mass is 10.1. The highest BCUT2D eigenvalue weighted by atomic mass is 32.1. The molecule has 0 spiro atoms. The van der Waals surface area contributed by atoms with Gasteiger partial charge in [-0.2, -0.15) is 0 Å². The number of hydrogen-bond acceptors (Lipinski definition) is 5. The maximum atomic E-state index is 12.8. The van der Waals surface area contributed by atoms with Crippen molar-refractivity contribution in [2.24, 2.45) is 0 Å². The van der Waals surface area contributed by atoms with E-state index in [1.807, 2.05) is 13.8 Å². The molecule has 0 aliphatic heterocycles. The van der Waals surface area contributed by atoms with E-state index in [0.29, 0.717) is 34.9 Å². The maximum Gasteiger partial charge on any atom is 0.262 e. The second-order valence-electron chi connectivity index (χ2n) is 6.84. The average Bonchev–Trinajstić information content (AvgIpc) is 2.79. The van der Waals surface area contributed by atoms with E-state index in [9.17, 15) is 9.59 Å². The molecule has 1 fully saturated rings. The summed E-state index contributed by atoms with van der Waals surface area (Å²) in [6.45, 7) is 5.33. The fourth-order valence-corrected chi connectivity index (χ4v) is 4.56. The minimum atomic E-state index is -0.100. The number of nitrogens with zero attached hydrogens (tertiary/aromatic N) is 2. The number of nitrogens with one attached hydrogen (secondary N) is 1. The monoisotopic (exact) mass is 377 g/mol. The molecule has 0 saturated heterocycles. The third kappa shape index (κ3) is 4.15. The molecule has 6 nitrogen and oxygen atoms in total. The maximum absolute atomic E-state index is 12.8. The quantitative estimate of drug-likeness (QED) is 0.619. The fraction of sp³-hybridized carbons (Fsp3) is 0.632. The molecule has 0 atom stereocenters. The van der Waals surface area contributed by atoms with Crippen LogP contribution in [0.25, 0.3) is 10.2 Å². The van der Waals surface area contributed by atoms with Gasteiger partial charge in [0, 0.05) is 12.6 Å². The van der Waals surface area contributed by atoms with Gasteiger partial charge in [0.1, 0.15) is 4.83 Å². The van der Waals surface area contributed by atoms with Crippen LogP contribution in [0.4, 0.5) is 0 Å². The second-order valence-corrected chi connectivity index (χ2v) is 7.84. The van der Waals surface area contributed by atoms with Crippen LogP contribution >= 0.6 is 11.3 Å². The van der Waals surface area contributed by atoms with Crippen LogP contribution in [0.3, 0.4) is 0 Å². The van der Waals surface area contributed by atoms with Crippen LogP contribution in [0, 0.1) is 6.92 Å². The predicted molar refractivity (Wildman–Crippen MR) is 104 cm³/mol. The van der Waals surface area contributed by atoms with Crippen LogP contribution in [0.5, 0.6) is 0 Å². The molecule has 1 saturated carbocycles. The fourth-order valence-electron chi connectivity index (χ4n) is 3.52. The highest BCUT2D eigenvalue weighted by Crippen LogP contribution is 2.27. The lowest BCUT2D eigenvalue weighted by Gasteiger charge is -2.15. The van der Waals surface area contributed by atoms with E-state index in [0.717, 1.165) is 18.4 Å². The lowest BCUT2D eigenvalue weighted by Crippen LogP contribution is -2.34. The number of carbonyl (C=O) groups excluding carboxylic acids is 1. The van der Waals surface area contributed by atoms with Crippen molar-refractivity contribution in [2.45, 2.75) is 65.0 Å². The molecule has 3 rings (SSSR count). The Labute approximate surface area is 157 Å². The summed E-state index contributed by atoms with van der Waals surface area (Å²) < 4.78 is 6.88. The van der Waals surface area contributed by atoms with Gasteiger partial charge < -0.3 is 10.1 Å². The van der Waals surface area contributed by atoms with Crippen LogP contribution in [0.15, 0.2) is 11.1 Å². The first-order valence-corrected chi connectivity index (χ1v) is 10.3.